The van der Waals surface area contributed by atoms with Gasteiger partial charge in [-0.05, 0) is 32.1 Å². The van der Waals surface area contributed by atoms with E-state index in [-0.39, 0.29) is 19.1 Å². The number of ether oxygens (including phenoxy) is 1. The van der Waals surface area contributed by atoms with Crippen LogP contribution >= 0.6 is 0 Å². The van der Waals surface area contributed by atoms with Crippen molar-refractivity contribution >= 4 is 5.97 Å². The molecule has 3 N–H and O–H groups in total. The molecule has 0 bridgehead atoms. The van der Waals surface area contributed by atoms with Crippen molar-refractivity contribution in [1.82, 2.24) is 0 Å². The quantitative estimate of drug-likeness (QED) is 0.0835. The highest BCUT2D eigenvalue weighted by molar-refractivity contribution is 5.66. The van der Waals surface area contributed by atoms with E-state index in [1.807, 2.05) is 0 Å². The Morgan fingerprint density at radius 3 is 1.58 bits per heavy atom. The van der Waals surface area contributed by atoms with E-state index >= 15 is 0 Å². The van der Waals surface area contributed by atoms with Gasteiger partial charge in [-0.15, -0.1) is 0 Å². The van der Waals surface area contributed by atoms with E-state index in [4.69, 9.17) is 14.9 Å². The van der Waals surface area contributed by atoms with Crippen LogP contribution in [0, 0.1) is 0 Å². The Morgan fingerprint density at radius 1 is 0.611 bits per heavy atom. The minimum atomic E-state index is -0.744. The molecule has 0 fully saturated rings. The molecule has 0 saturated carbocycles. The van der Waals surface area contributed by atoms with Crippen molar-refractivity contribution in [3.05, 3.63) is 0 Å². The maximum atomic E-state index is 10.7. The van der Waals surface area contributed by atoms with Crippen LogP contribution < -0.4 is 0 Å². The van der Waals surface area contributed by atoms with E-state index in [1.165, 1.54) is 83.5 Å². The van der Waals surface area contributed by atoms with Crippen LogP contribution in [0.15, 0.2) is 0 Å². The number of carboxylic acid groups (broad SMARTS) is 1. The number of aliphatic carboxylic acids is 1. The zero-order chi connectivity index (χ0) is 26.5. The van der Waals surface area contributed by atoms with Gasteiger partial charge in [0.15, 0.2) is 0 Å². The fourth-order valence-corrected chi connectivity index (χ4v) is 4.90. The van der Waals surface area contributed by atoms with Gasteiger partial charge in [0, 0.05) is 19.6 Å². The van der Waals surface area contributed by atoms with Crippen LogP contribution in [0.1, 0.15) is 167 Å². The fraction of sp³-hybridized carbons (Fsp3) is 0.968. The summed E-state index contributed by atoms with van der Waals surface area (Å²) >= 11 is 0. The Morgan fingerprint density at radius 2 is 1.06 bits per heavy atom. The molecule has 0 aliphatic heterocycles. The molecule has 0 rings (SSSR count). The molecule has 0 radical (unpaired) electrons. The Hall–Kier alpha value is -0.650. The van der Waals surface area contributed by atoms with Gasteiger partial charge in [0.05, 0.1) is 12.2 Å². The summed E-state index contributed by atoms with van der Waals surface area (Å²) in [5, 5.41) is 28.4. The van der Waals surface area contributed by atoms with Gasteiger partial charge in [-0.3, -0.25) is 4.79 Å². The molecular formula is C31H62O5. The van der Waals surface area contributed by atoms with Crippen molar-refractivity contribution in [2.24, 2.45) is 0 Å². The molecule has 0 amide bonds. The van der Waals surface area contributed by atoms with Crippen molar-refractivity contribution in [2.75, 3.05) is 13.2 Å². The third kappa shape index (κ3) is 26.4. The second-order valence-electron chi connectivity index (χ2n) is 10.8. The lowest BCUT2D eigenvalue weighted by molar-refractivity contribution is -0.137. The number of unbranched alkanes of at least 4 members (excludes halogenated alkanes) is 19. The van der Waals surface area contributed by atoms with E-state index < -0.39 is 12.1 Å². The van der Waals surface area contributed by atoms with Crippen LogP contribution in [0.3, 0.4) is 0 Å². The van der Waals surface area contributed by atoms with Crippen LogP contribution in [-0.4, -0.2) is 46.7 Å². The second kappa shape index (κ2) is 28.9. The molecule has 2 unspecified atom stereocenters. The first-order valence-corrected chi connectivity index (χ1v) is 15.7. The third-order valence-electron chi connectivity index (χ3n) is 7.30. The lowest BCUT2D eigenvalue weighted by Gasteiger charge is -2.24. The van der Waals surface area contributed by atoms with E-state index in [0.717, 1.165) is 64.4 Å². The van der Waals surface area contributed by atoms with Crippen LogP contribution in [0.5, 0.6) is 0 Å². The number of carboxylic acids is 1. The zero-order valence-corrected chi connectivity index (χ0v) is 23.9. The summed E-state index contributed by atoms with van der Waals surface area (Å²) in [6.45, 7) is 3.27. The first kappa shape index (κ1) is 35.4. The summed E-state index contributed by atoms with van der Waals surface area (Å²) in [5.74, 6) is -0.744. The number of hydrogen-bond donors (Lipinski definition) is 3. The molecule has 0 heterocycles. The van der Waals surface area contributed by atoms with Gasteiger partial charge in [-0.2, -0.15) is 0 Å². The van der Waals surface area contributed by atoms with Gasteiger partial charge in [0.25, 0.3) is 0 Å². The molecule has 0 saturated heterocycles. The minimum absolute atomic E-state index is 0.107. The molecular weight excluding hydrogens is 452 g/mol. The van der Waals surface area contributed by atoms with Crippen molar-refractivity contribution in [3.8, 4) is 0 Å². The molecule has 216 valence electrons. The molecule has 0 spiro atoms. The standard InChI is InChI=1S/C31H62O5/c1-2-3-4-5-6-7-8-9-10-11-12-13-17-23-28-36-30(25-20-15-14-16-22-27-32)29(33)24-19-18-21-26-31(34)35/h29-30,32-33H,2-28H2,1H3,(H,34,35). The molecule has 0 aliphatic rings. The van der Waals surface area contributed by atoms with Crippen molar-refractivity contribution < 1.29 is 24.9 Å². The predicted octanol–water partition coefficient (Wildman–Crippen LogP) is 8.58. The average molecular weight is 515 g/mol. The predicted molar refractivity (Wildman–Crippen MR) is 152 cm³/mol. The van der Waals surface area contributed by atoms with Crippen molar-refractivity contribution in [1.29, 1.82) is 0 Å². The number of hydrogen-bond acceptors (Lipinski definition) is 4. The van der Waals surface area contributed by atoms with Crippen molar-refractivity contribution in [3.63, 3.8) is 0 Å². The largest absolute Gasteiger partial charge is 0.481 e. The summed E-state index contributed by atoms with van der Waals surface area (Å²) in [4.78, 5) is 10.7. The molecule has 0 aromatic heterocycles. The Bertz CT molecular complexity index is 443. The van der Waals surface area contributed by atoms with Crippen LogP contribution in [-0.2, 0) is 9.53 Å². The highest BCUT2D eigenvalue weighted by atomic mass is 16.5. The summed E-state index contributed by atoms with van der Waals surface area (Å²) < 4.78 is 6.15. The number of carbonyl (C=O) groups is 1. The Balaban J connectivity index is 3.86. The van der Waals surface area contributed by atoms with E-state index in [9.17, 15) is 9.90 Å². The first-order valence-electron chi connectivity index (χ1n) is 15.7. The highest BCUT2D eigenvalue weighted by Gasteiger charge is 2.19. The normalized spacial score (nSPS) is 13.2. The maximum Gasteiger partial charge on any atom is 0.303 e. The molecule has 5 nitrogen and oxygen atoms in total. The van der Waals surface area contributed by atoms with E-state index in [2.05, 4.69) is 6.92 Å². The molecule has 0 aromatic rings. The third-order valence-corrected chi connectivity index (χ3v) is 7.30. The summed E-state index contributed by atoms with van der Waals surface area (Å²) in [6, 6.07) is 0. The van der Waals surface area contributed by atoms with Gasteiger partial charge < -0.3 is 20.1 Å². The van der Waals surface area contributed by atoms with Crippen LogP contribution in [0.4, 0.5) is 0 Å². The first-order chi connectivity index (χ1) is 17.6. The Labute approximate surface area is 223 Å². The molecule has 0 aliphatic carbocycles. The summed E-state index contributed by atoms with van der Waals surface area (Å²) in [5.41, 5.74) is 0. The van der Waals surface area contributed by atoms with Gasteiger partial charge >= 0.3 is 5.97 Å². The highest BCUT2D eigenvalue weighted by Crippen LogP contribution is 2.18. The lowest BCUT2D eigenvalue weighted by Crippen LogP contribution is -2.29. The van der Waals surface area contributed by atoms with Gasteiger partial charge in [-0.25, -0.2) is 0 Å². The lowest BCUT2D eigenvalue weighted by atomic mass is 9.99. The van der Waals surface area contributed by atoms with Crippen molar-refractivity contribution in [2.45, 2.75) is 180 Å². The monoisotopic (exact) mass is 514 g/mol. The van der Waals surface area contributed by atoms with E-state index in [0.29, 0.717) is 12.8 Å². The number of aliphatic hydroxyl groups excluding tert-OH is 2. The minimum Gasteiger partial charge on any atom is -0.481 e. The fourth-order valence-electron chi connectivity index (χ4n) is 4.90. The summed E-state index contributed by atoms with van der Waals surface area (Å²) in [7, 11) is 0. The summed E-state index contributed by atoms with van der Waals surface area (Å²) in [6.07, 6.45) is 27.6. The smallest absolute Gasteiger partial charge is 0.303 e. The molecule has 0 aromatic carbocycles. The topological polar surface area (TPSA) is 87.0 Å². The maximum absolute atomic E-state index is 10.7. The molecule has 36 heavy (non-hydrogen) atoms. The number of rotatable bonds is 30. The van der Waals surface area contributed by atoms with Gasteiger partial charge in [0.2, 0.25) is 0 Å². The van der Waals surface area contributed by atoms with Gasteiger partial charge in [0.1, 0.15) is 0 Å². The SMILES string of the molecule is CCCCCCCCCCCCCCCCOC(CCCCCCCO)C(O)CCCCCC(=O)O. The van der Waals surface area contributed by atoms with E-state index in [1.54, 1.807) is 0 Å². The van der Waals surface area contributed by atoms with Crippen LogP contribution in [0.25, 0.3) is 0 Å². The molecule has 2 atom stereocenters. The van der Waals surface area contributed by atoms with Gasteiger partial charge in [-0.1, -0.05) is 129 Å². The Kier molecular flexibility index (Phi) is 28.4. The molecule has 5 heteroatoms. The number of aliphatic hydroxyl groups is 2. The van der Waals surface area contributed by atoms with Crippen LogP contribution in [0.2, 0.25) is 0 Å². The average Bonchev–Trinajstić information content (AvgIpc) is 2.86. The second-order valence-corrected chi connectivity index (χ2v) is 10.8. The zero-order valence-electron chi connectivity index (χ0n) is 23.9.